The van der Waals surface area contributed by atoms with Gasteiger partial charge in [-0.15, -0.1) is 16.4 Å². The van der Waals surface area contributed by atoms with E-state index in [1.807, 2.05) is 29.6 Å². The molecule has 1 aliphatic heterocycles. The number of ether oxygens (including phenoxy) is 2. The van der Waals surface area contributed by atoms with Gasteiger partial charge in [-0.1, -0.05) is 22.5 Å². The second-order valence-corrected chi connectivity index (χ2v) is 6.69. The molecule has 114 valence electrons. The molecule has 5 rings (SSSR count). The predicted molar refractivity (Wildman–Crippen MR) is 86.6 cm³/mol. The highest BCUT2D eigenvalue weighted by molar-refractivity contribution is 7.22. The Labute approximate surface area is 137 Å². The number of anilines is 2. The quantitative estimate of drug-likeness (QED) is 0.604. The first-order valence-corrected chi connectivity index (χ1v) is 8.39. The fourth-order valence-corrected chi connectivity index (χ4v) is 3.75. The molecule has 9 heteroatoms. The van der Waals surface area contributed by atoms with Crippen molar-refractivity contribution >= 4 is 44.0 Å². The molecule has 0 aliphatic carbocycles. The van der Waals surface area contributed by atoms with Crippen LogP contribution in [0.1, 0.15) is 0 Å². The molecular formula is C14H8N4O3S2. The van der Waals surface area contributed by atoms with Crippen molar-refractivity contribution in [2.45, 2.75) is 0 Å². The number of aromatic nitrogens is 3. The van der Waals surface area contributed by atoms with Crippen LogP contribution in [0.5, 0.6) is 11.5 Å². The van der Waals surface area contributed by atoms with Crippen LogP contribution in [-0.2, 0) is 0 Å². The van der Waals surface area contributed by atoms with Gasteiger partial charge in [0.25, 0.3) is 5.89 Å². The van der Waals surface area contributed by atoms with Crippen LogP contribution >= 0.6 is 22.7 Å². The number of benzene rings is 1. The molecule has 1 aromatic carbocycles. The molecule has 0 radical (unpaired) electrons. The van der Waals surface area contributed by atoms with E-state index >= 15 is 0 Å². The van der Waals surface area contributed by atoms with Crippen LogP contribution in [0.25, 0.3) is 21.0 Å². The summed E-state index contributed by atoms with van der Waals surface area (Å²) in [5.74, 6) is 1.95. The van der Waals surface area contributed by atoms with Crippen molar-refractivity contribution < 1.29 is 13.9 Å². The Bertz CT molecular complexity index is 952. The molecule has 4 aromatic rings. The summed E-state index contributed by atoms with van der Waals surface area (Å²) >= 11 is 3.03. The van der Waals surface area contributed by atoms with Gasteiger partial charge in [-0.25, -0.2) is 4.98 Å². The normalized spacial score (nSPS) is 12.9. The van der Waals surface area contributed by atoms with Crippen LogP contribution in [0.3, 0.4) is 0 Å². The van der Waals surface area contributed by atoms with Crippen molar-refractivity contribution in [2.24, 2.45) is 0 Å². The van der Waals surface area contributed by atoms with Crippen LogP contribution in [-0.4, -0.2) is 22.0 Å². The zero-order chi connectivity index (χ0) is 15.2. The summed E-state index contributed by atoms with van der Waals surface area (Å²) in [6, 6.07) is 7.97. The molecule has 0 saturated carbocycles. The summed E-state index contributed by atoms with van der Waals surface area (Å²) in [5, 5.41) is 13.7. The Morgan fingerprint density at radius 2 is 2.04 bits per heavy atom. The van der Waals surface area contributed by atoms with E-state index in [9.17, 15) is 0 Å². The summed E-state index contributed by atoms with van der Waals surface area (Å²) in [6.45, 7) is 0.255. The molecule has 1 N–H and O–H groups in total. The maximum absolute atomic E-state index is 5.60. The predicted octanol–water partition coefficient (Wildman–Crippen LogP) is 3.88. The van der Waals surface area contributed by atoms with Gasteiger partial charge >= 0.3 is 6.01 Å². The second kappa shape index (κ2) is 4.93. The smallest absolute Gasteiger partial charge is 0.322 e. The minimum absolute atomic E-state index is 0.255. The number of fused-ring (bicyclic) bond motifs is 2. The molecule has 0 saturated heterocycles. The van der Waals surface area contributed by atoms with E-state index in [1.165, 1.54) is 11.3 Å². The van der Waals surface area contributed by atoms with Gasteiger partial charge in [0, 0.05) is 12.1 Å². The Morgan fingerprint density at radius 1 is 1.13 bits per heavy atom. The molecule has 0 fully saturated rings. The summed E-state index contributed by atoms with van der Waals surface area (Å²) in [6.07, 6.45) is 0. The zero-order valence-corrected chi connectivity index (χ0v) is 13.1. The van der Waals surface area contributed by atoms with Crippen LogP contribution in [0.4, 0.5) is 11.1 Å². The van der Waals surface area contributed by atoms with E-state index in [-0.39, 0.29) is 6.79 Å². The Balaban J connectivity index is 1.45. The largest absolute Gasteiger partial charge is 0.454 e. The first-order chi connectivity index (χ1) is 11.3. The van der Waals surface area contributed by atoms with Gasteiger partial charge in [-0.2, -0.15) is 0 Å². The first-order valence-electron chi connectivity index (χ1n) is 6.70. The summed E-state index contributed by atoms with van der Waals surface area (Å²) in [7, 11) is 0. The average molecular weight is 344 g/mol. The van der Waals surface area contributed by atoms with Gasteiger partial charge in [-0.3, -0.25) is 5.32 Å². The molecular weight excluding hydrogens is 336 g/mol. The Kier molecular flexibility index (Phi) is 2.76. The van der Waals surface area contributed by atoms with Crippen molar-refractivity contribution in [2.75, 3.05) is 12.1 Å². The highest BCUT2D eigenvalue weighted by Gasteiger charge is 2.17. The number of hydrogen-bond acceptors (Lipinski definition) is 9. The lowest BCUT2D eigenvalue weighted by atomic mass is 10.3. The van der Waals surface area contributed by atoms with Gasteiger partial charge in [0.05, 0.1) is 15.1 Å². The number of hydrogen-bond donors (Lipinski definition) is 1. The third-order valence-corrected chi connectivity index (χ3v) is 5.05. The van der Waals surface area contributed by atoms with Crippen molar-refractivity contribution in [3.63, 3.8) is 0 Å². The summed E-state index contributed by atoms with van der Waals surface area (Å²) in [5.41, 5.74) is 0.833. The van der Waals surface area contributed by atoms with Gasteiger partial charge in [0.15, 0.2) is 16.6 Å². The van der Waals surface area contributed by atoms with Gasteiger partial charge in [0.2, 0.25) is 6.79 Å². The van der Waals surface area contributed by atoms with Gasteiger partial charge < -0.3 is 13.9 Å². The average Bonchev–Trinajstić information content (AvgIpc) is 3.31. The highest BCUT2D eigenvalue weighted by atomic mass is 32.1. The van der Waals surface area contributed by atoms with Crippen molar-refractivity contribution in [1.29, 1.82) is 0 Å². The van der Waals surface area contributed by atoms with Crippen LogP contribution < -0.4 is 14.8 Å². The molecule has 0 amide bonds. The molecule has 23 heavy (non-hydrogen) atoms. The Hall–Kier alpha value is -2.65. The van der Waals surface area contributed by atoms with E-state index in [0.29, 0.717) is 22.8 Å². The van der Waals surface area contributed by atoms with E-state index in [1.54, 1.807) is 11.3 Å². The van der Waals surface area contributed by atoms with E-state index < -0.39 is 0 Å². The SMILES string of the molecule is c1csc(-c2nnc(Nc3nc4cc5c(cc4s3)OCO5)o2)c1. The van der Waals surface area contributed by atoms with Gasteiger partial charge in [0.1, 0.15) is 0 Å². The molecule has 3 aromatic heterocycles. The fraction of sp³-hybridized carbons (Fsp3) is 0.0714. The molecule has 0 atom stereocenters. The maximum Gasteiger partial charge on any atom is 0.322 e. The van der Waals surface area contributed by atoms with E-state index in [4.69, 9.17) is 13.9 Å². The van der Waals surface area contributed by atoms with E-state index in [0.717, 1.165) is 20.8 Å². The monoisotopic (exact) mass is 344 g/mol. The van der Waals surface area contributed by atoms with E-state index in [2.05, 4.69) is 20.5 Å². The molecule has 0 bridgehead atoms. The minimum Gasteiger partial charge on any atom is -0.454 e. The molecule has 4 heterocycles. The Morgan fingerprint density at radius 3 is 2.91 bits per heavy atom. The first kappa shape index (κ1) is 12.9. The van der Waals surface area contributed by atoms with Crippen LogP contribution in [0.15, 0.2) is 34.1 Å². The lowest BCUT2D eigenvalue weighted by molar-refractivity contribution is 0.174. The lowest BCUT2D eigenvalue weighted by Crippen LogP contribution is -1.92. The van der Waals surface area contributed by atoms with Crippen LogP contribution in [0.2, 0.25) is 0 Å². The number of nitrogens with one attached hydrogen (secondary N) is 1. The van der Waals surface area contributed by atoms with Crippen molar-refractivity contribution in [3.05, 3.63) is 29.6 Å². The van der Waals surface area contributed by atoms with Gasteiger partial charge in [-0.05, 0) is 11.4 Å². The maximum atomic E-state index is 5.60. The molecule has 1 aliphatic rings. The third kappa shape index (κ3) is 2.21. The second-order valence-electron chi connectivity index (χ2n) is 4.71. The minimum atomic E-state index is 0.255. The zero-order valence-electron chi connectivity index (χ0n) is 11.5. The van der Waals surface area contributed by atoms with Crippen molar-refractivity contribution in [3.8, 4) is 22.3 Å². The summed E-state index contributed by atoms with van der Waals surface area (Å²) < 4.78 is 17.3. The number of nitrogens with zero attached hydrogens (tertiary/aromatic N) is 3. The lowest BCUT2D eigenvalue weighted by Gasteiger charge is -1.93. The number of thiazole rings is 1. The third-order valence-electron chi connectivity index (χ3n) is 3.25. The summed E-state index contributed by atoms with van der Waals surface area (Å²) in [4.78, 5) is 5.44. The fourth-order valence-electron chi connectivity index (χ4n) is 2.24. The number of thiophene rings is 1. The number of rotatable bonds is 3. The molecule has 0 unspecified atom stereocenters. The highest BCUT2D eigenvalue weighted by Crippen LogP contribution is 2.39. The van der Waals surface area contributed by atoms with Crippen LogP contribution in [0, 0.1) is 0 Å². The molecule has 7 nitrogen and oxygen atoms in total. The standard InChI is InChI=1S/C14H8N4O3S2/c1-2-10(22-3-1)12-17-18-13(21-12)16-14-15-7-4-8-9(20-6-19-8)5-11(7)23-14/h1-5H,6H2,(H,15,16,18). The van der Waals surface area contributed by atoms with Crippen molar-refractivity contribution in [1.82, 2.24) is 15.2 Å². The molecule has 0 spiro atoms. The topological polar surface area (TPSA) is 82.3 Å².